The van der Waals surface area contributed by atoms with Gasteiger partial charge in [0.05, 0.1) is 0 Å². The average molecular weight is 187 g/mol. The fourth-order valence-corrected chi connectivity index (χ4v) is 2.71. The number of thioether (sulfide) groups is 1. The quantitative estimate of drug-likeness (QED) is 0.722. The molecule has 1 atom stereocenters. The van der Waals surface area contributed by atoms with E-state index in [-0.39, 0.29) is 5.24 Å². The van der Waals surface area contributed by atoms with E-state index >= 15 is 0 Å². The Bertz CT molecular complexity index is 155. The van der Waals surface area contributed by atoms with Gasteiger partial charge in [-0.2, -0.15) is 0 Å². The summed E-state index contributed by atoms with van der Waals surface area (Å²) >= 11 is 1.30. The van der Waals surface area contributed by atoms with Crippen LogP contribution >= 0.6 is 11.8 Å². The number of hydrogen-bond acceptors (Lipinski definition) is 2. The monoisotopic (exact) mass is 187 g/mol. The molecule has 12 heavy (non-hydrogen) atoms. The van der Waals surface area contributed by atoms with Crippen molar-refractivity contribution < 1.29 is 4.79 Å². The molecule has 0 aromatic carbocycles. The first-order valence-corrected chi connectivity index (χ1v) is 5.54. The summed E-state index contributed by atoms with van der Waals surface area (Å²) < 4.78 is 0. The third kappa shape index (κ3) is 3.05. The summed E-state index contributed by atoms with van der Waals surface area (Å²) in [6.07, 6.45) is 6.58. The Morgan fingerprint density at radius 2 is 2.00 bits per heavy atom. The molecule has 1 rings (SSSR count). The normalized spacial score (nSPS) is 22.1. The van der Waals surface area contributed by atoms with Gasteiger partial charge in [0.15, 0.2) is 0 Å². The van der Waals surface area contributed by atoms with Crippen LogP contribution < -0.4 is 5.73 Å². The summed E-state index contributed by atoms with van der Waals surface area (Å²) in [5.41, 5.74) is 5.12. The van der Waals surface area contributed by atoms with Crippen LogP contribution in [0.5, 0.6) is 0 Å². The zero-order chi connectivity index (χ0) is 8.97. The van der Waals surface area contributed by atoms with Crippen molar-refractivity contribution in [2.75, 3.05) is 0 Å². The summed E-state index contributed by atoms with van der Waals surface area (Å²) in [6, 6.07) is 0. The SMILES string of the molecule is CC(SC(N)=O)C1CCCCC1. The molecule has 70 valence electrons. The number of amides is 1. The zero-order valence-electron chi connectivity index (χ0n) is 7.58. The highest BCUT2D eigenvalue weighted by atomic mass is 32.2. The molecule has 0 spiro atoms. The lowest BCUT2D eigenvalue weighted by Gasteiger charge is -2.25. The lowest BCUT2D eigenvalue weighted by atomic mass is 9.87. The molecule has 3 heteroatoms. The summed E-state index contributed by atoms with van der Waals surface area (Å²) in [6.45, 7) is 2.12. The summed E-state index contributed by atoms with van der Waals surface area (Å²) in [5.74, 6) is 0.719. The standard InChI is InChI=1S/C9H17NOS/c1-7(12-9(10)11)8-5-3-2-4-6-8/h7-8H,2-6H2,1H3,(H2,10,11). The molecular formula is C9H17NOS. The van der Waals surface area contributed by atoms with Crippen LogP contribution in [0, 0.1) is 5.92 Å². The van der Waals surface area contributed by atoms with Crippen LogP contribution in [0.3, 0.4) is 0 Å². The second-order valence-electron chi connectivity index (χ2n) is 3.54. The van der Waals surface area contributed by atoms with Crippen molar-refractivity contribution in [3.63, 3.8) is 0 Å². The molecule has 0 aromatic heterocycles. The van der Waals surface area contributed by atoms with E-state index in [0.717, 1.165) is 5.92 Å². The van der Waals surface area contributed by atoms with Gasteiger partial charge in [-0.05, 0) is 18.8 Å². The highest BCUT2D eigenvalue weighted by Gasteiger charge is 2.21. The molecule has 2 N–H and O–H groups in total. The van der Waals surface area contributed by atoms with E-state index in [9.17, 15) is 4.79 Å². The third-order valence-corrected chi connectivity index (χ3v) is 3.60. The van der Waals surface area contributed by atoms with Crippen molar-refractivity contribution in [1.82, 2.24) is 0 Å². The van der Waals surface area contributed by atoms with Gasteiger partial charge in [0.1, 0.15) is 0 Å². The van der Waals surface area contributed by atoms with Crippen LogP contribution in [-0.2, 0) is 0 Å². The molecule has 1 fully saturated rings. The minimum absolute atomic E-state index is 0.229. The molecule has 1 unspecified atom stereocenters. The Balaban J connectivity index is 2.29. The smallest absolute Gasteiger partial charge is 0.276 e. The zero-order valence-corrected chi connectivity index (χ0v) is 8.40. The van der Waals surface area contributed by atoms with Gasteiger partial charge in [0.25, 0.3) is 5.24 Å². The van der Waals surface area contributed by atoms with Crippen molar-refractivity contribution >= 4 is 17.0 Å². The van der Waals surface area contributed by atoms with Gasteiger partial charge in [-0.25, -0.2) is 0 Å². The van der Waals surface area contributed by atoms with Gasteiger partial charge in [-0.3, -0.25) is 4.79 Å². The van der Waals surface area contributed by atoms with Crippen molar-refractivity contribution in [1.29, 1.82) is 0 Å². The molecule has 0 aromatic rings. The second-order valence-corrected chi connectivity index (χ2v) is 4.92. The van der Waals surface area contributed by atoms with Crippen LogP contribution in [0.4, 0.5) is 4.79 Å². The number of carbonyl (C=O) groups excluding carboxylic acids is 1. The average Bonchev–Trinajstić information content (AvgIpc) is 2.05. The van der Waals surface area contributed by atoms with E-state index in [4.69, 9.17) is 5.73 Å². The Hall–Kier alpha value is -0.180. The topological polar surface area (TPSA) is 43.1 Å². The molecule has 0 bridgehead atoms. The Morgan fingerprint density at radius 3 is 2.50 bits per heavy atom. The van der Waals surface area contributed by atoms with Gasteiger partial charge >= 0.3 is 0 Å². The molecule has 1 amide bonds. The third-order valence-electron chi connectivity index (χ3n) is 2.62. The lowest BCUT2D eigenvalue weighted by molar-refractivity contribution is 0.267. The predicted molar refractivity (Wildman–Crippen MR) is 53.2 cm³/mol. The van der Waals surface area contributed by atoms with E-state index in [1.165, 1.54) is 43.9 Å². The van der Waals surface area contributed by atoms with Gasteiger partial charge in [-0.1, -0.05) is 37.9 Å². The van der Waals surface area contributed by atoms with Gasteiger partial charge in [0.2, 0.25) is 0 Å². The van der Waals surface area contributed by atoms with Gasteiger partial charge in [-0.15, -0.1) is 0 Å². The number of primary amides is 1. The van der Waals surface area contributed by atoms with Crippen LogP contribution in [0.15, 0.2) is 0 Å². The van der Waals surface area contributed by atoms with E-state index < -0.39 is 0 Å². The van der Waals surface area contributed by atoms with Crippen LogP contribution in [-0.4, -0.2) is 10.5 Å². The maximum Gasteiger partial charge on any atom is 0.276 e. The summed E-state index contributed by atoms with van der Waals surface area (Å²) in [5, 5.41) is 0.191. The second kappa shape index (κ2) is 4.75. The molecule has 0 heterocycles. The molecule has 1 aliphatic rings. The number of rotatable bonds is 2. The highest BCUT2D eigenvalue weighted by molar-refractivity contribution is 8.14. The molecule has 0 saturated heterocycles. The van der Waals surface area contributed by atoms with Crippen LogP contribution in [0.1, 0.15) is 39.0 Å². The largest absolute Gasteiger partial charge is 0.361 e. The van der Waals surface area contributed by atoms with Crippen molar-refractivity contribution in [2.45, 2.75) is 44.3 Å². The Labute approximate surface area is 78.3 Å². The first-order valence-electron chi connectivity index (χ1n) is 4.66. The van der Waals surface area contributed by atoms with Crippen molar-refractivity contribution in [3.8, 4) is 0 Å². The maximum atomic E-state index is 10.6. The fraction of sp³-hybridized carbons (Fsp3) is 0.889. The molecule has 1 saturated carbocycles. The highest BCUT2D eigenvalue weighted by Crippen LogP contribution is 2.32. The van der Waals surface area contributed by atoms with Crippen molar-refractivity contribution in [2.24, 2.45) is 11.7 Å². The van der Waals surface area contributed by atoms with Crippen molar-refractivity contribution in [3.05, 3.63) is 0 Å². The van der Waals surface area contributed by atoms with Gasteiger partial charge in [0, 0.05) is 5.25 Å². The molecule has 0 aliphatic heterocycles. The van der Waals surface area contributed by atoms with E-state index in [0.29, 0.717) is 5.25 Å². The van der Waals surface area contributed by atoms with Crippen LogP contribution in [0.2, 0.25) is 0 Å². The number of hydrogen-bond donors (Lipinski definition) is 1. The fourth-order valence-electron chi connectivity index (χ4n) is 1.88. The lowest BCUT2D eigenvalue weighted by Crippen LogP contribution is -2.20. The minimum Gasteiger partial charge on any atom is -0.361 e. The number of nitrogens with two attached hydrogens (primary N) is 1. The van der Waals surface area contributed by atoms with Gasteiger partial charge < -0.3 is 5.73 Å². The molecule has 1 aliphatic carbocycles. The first-order chi connectivity index (χ1) is 5.70. The van der Waals surface area contributed by atoms with E-state index in [2.05, 4.69) is 6.92 Å². The summed E-state index contributed by atoms with van der Waals surface area (Å²) in [7, 11) is 0. The summed E-state index contributed by atoms with van der Waals surface area (Å²) in [4.78, 5) is 10.6. The Kier molecular flexibility index (Phi) is 3.92. The Morgan fingerprint density at radius 1 is 1.42 bits per heavy atom. The van der Waals surface area contributed by atoms with E-state index in [1.54, 1.807) is 0 Å². The number of carbonyl (C=O) groups is 1. The molecule has 2 nitrogen and oxygen atoms in total. The van der Waals surface area contributed by atoms with E-state index in [1.807, 2.05) is 0 Å². The minimum atomic E-state index is -0.229. The predicted octanol–water partition coefficient (Wildman–Crippen LogP) is 2.77. The first kappa shape index (κ1) is 9.90. The van der Waals surface area contributed by atoms with Crippen LogP contribution in [0.25, 0.3) is 0 Å². The maximum absolute atomic E-state index is 10.6. The molecular weight excluding hydrogens is 170 g/mol. The molecule has 0 radical (unpaired) electrons.